The summed E-state index contributed by atoms with van der Waals surface area (Å²) in [6.45, 7) is 4.99. The van der Waals surface area contributed by atoms with Gasteiger partial charge in [-0.25, -0.2) is 4.39 Å². The van der Waals surface area contributed by atoms with Crippen molar-refractivity contribution in [3.8, 4) is 0 Å². The lowest BCUT2D eigenvalue weighted by Crippen LogP contribution is -2.38. The first kappa shape index (κ1) is 17.6. The Bertz CT molecular complexity index is 866. The Hall–Kier alpha value is -1.76. The predicted octanol–water partition coefficient (Wildman–Crippen LogP) is 2.61. The van der Waals surface area contributed by atoms with Crippen molar-refractivity contribution in [1.29, 1.82) is 0 Å². The van der Waals surface area contributed by atoms with Crippen LogP contribution in [0.15, 0.2) is 27.8 Å². The Morgan fingerprint density at radius 1 is 1.26 bits per heavy atom. The molecular formula is C14H18FN2O5P. The molecule has 0 amide bonds. The average Bonchev–Trinajstić information content (AvgIpc) is 2.48. The summed E-state index contributed by atoms with van der Waals surface area (Å²) < 4.78 is 37.8. The van der Waals surface area contributed by atoms with Gasteiger partial charge in [-0.1, -0.05) is 0 Å². The molecule has 0 saturated carbocycles. The Morgan fingerprint density at radius 3 is 2.43 bits per heavy atom. The third kappa shape index (κ3) is 3.29. The topological polar surface area (TPSA) is 90.4 Å². The third-order valence-corrected chi connectivity index (χ3v) is 5.71. The number of rotatable bonds is 6. The molecule has 1 unspecified atom stereocenters. The lowest BCUT2D eigenvalue weighted by Gasteiger charge is -2.25. The predicted molar refractivity (Wildman–Crippen MR) is 84.4 cm³/mol. The zero-order valence-corrected chi connectivity index (χ0v) is 13.9. The number of fused-ring (bicyclic) bond motifs is 1. The van der Waals surface area contributed by atoms with Crippen molar-refractivity contribution in [1.82, 2.24) is 9.55 Å². The van der Waals surface area contributed by atoms with E-state index in [1.165, 1.54) is 13.0 Å². The zero-order valence-electron chi connectivity index (χ0n) is 13.0. The molecule has 7 nitrogen and oxygen atoms in total. The van der Waals surface area contributed by atoms with E-state index in [2.05, 4.69) is 4.98 Å². The SMILES string of the molecule is CCOP(=O)(OCC)C(C)n1c(=O)c(=O)[nH]c2cc(F)ccc21. The lowest BCUT2D eigenvalue weighted by molar-refractivity contribution is 0.206. The van der Waals surface area contributed by atoms with Crippen LogP contribution in [-0.4, -0.2) is 22.8 Å². The van der Waals surface area contributed by atoms with E-state index >= 15 is 0 Å². The number of halogens is 1. The highest BCUT2D eigenvalue weighted by Gasteiger charge is 2.35. The molecule has 126 valence electrons. The van der Waals surface area contributed by atoms with Gasteiger partial charge in [0.2, 0.25) is 0 Å². The minimum absolute atomic E-state index is 0.117. The van der Waals surface area contributed by atoms with Gasteiger partial charge in [0.05, 0.1) is 24.2 Å². The second kappa shape index (κ2) is 6.78. The Balaban J connectivity index is 2.75. The van der Waals surface area contributed by atoms with E-state index in [1.54, 1.807) is 13.8 Å². The first-order chi connectivity index (χ1) is 10.8. The molecule has 1 N–H and O–H groups in total. The third-order valence-electron chi connectivity index (χ3n) is 3.33. The van der Waals surface area contributed by atoms with Crippen LogP contribution in [0.1, 0.15) is 26.6 Å². The molecule has 2 aromatic rings. The summed E-state index contributed by atoms with van der Waals surface area (Å²) in [5, 5.41) is 0. The van der Waals surface area contributed by atoms with Crippen molar-refractivity contribution in [3.05, 3.63) is 44.7 Å². The highest BCUT2D eigenvalue weighted by molar-refractivity contribution is 7.53. The van der Waals surface area contributed by atoms with Crippen LogP contribution in [0.5, 0.6) is 0 Å². The quantitative estimate of drug-likeness (QED) is 0.642. The molecule has 23 heavy (non-hydrogen) atoms. The number of aromatic amines is 1. The monoisotopic (exact) mass is 344 g/mol. The fraction of sp³-hybridized carbons (Fsp3) is 0.429. The second-order valence-corrected chi connectivity index (χ2v) is 7.14. The molecule has 0 radical (unpaired) electrons. The molecule has 0 aliphatic carbocycles. The number of aromatic nitrogens is 2. The van der Waals surface area contributed by atoms with Crippen molar-refractivity contribution in [2.24, 2.45) is 0 Å². The van der Waals surface area contributed by atoms with Gasteiger partial charge in [-0.15, -0.1) is 0 Å². The van der Waals surface area contributed by atoms with Gasteiger partial charge in [-0.3, -0.25) is 18.7 Å². The van der Waals surface area contributed by atoms with Gasteiger partial charge in [0, 0.05) is 0 Å². The highest BCUT2D eigenvalue weighted by Crippen LogP contribution is 2.58. The Kier molecular flexibility index (Phi) is 5.19. The molecule has 1 aromatic carbocycles. The molecule has 0 bridgehead atoms. The Labute approximate surface area is 131 Å². The standard InChI is InChI=1S/C14H18FN2O5P/c1-4-21-23(20,22-5-2)9(3)17-12-7-6-10(15)8-11(12)16-13(18)14(17)19/h6-9H,4-5H2,1-3H3,(H,16,18). The molecule has 0 saturated heterocycles. The molecule has 0 spiro atoms. The lowest BCUT2D eigenvalue weighted by atomic mass is 10.3. The number of nitrogens with zero attached hydrogens (tertiary/aromatic N) is 1. The average molecular weight is 344 g/mol. The maximum absolute atomic E-state index is 13.4. The summed E-state index contributed by atoms with van der Waals surface area (Å²) in [5.41, 5.74) is -1.48. The number of nitrogens with one attached hydrogen (secondary N) is 1. The smallest absolute Gasteiger partial charge is 0.316 e. The van der Waals surface area contributed by atoms with Crippen molar-refractivity contribution in [3.63, 3.8) is 0 Å². The maximum Gasteiger partial charge on any atom is 0.353 e. The van der Waals surface area contributed by atoms with Crippen LogP contribution in [0, 0.1) is 5.82 Å². The van der Waals surface area contributed by atoms with E-state index in [9.17, 15) is 18.5 Å². The van der Waals surface area contributed by atoms with Crippen LogP contribution in [0.3, 0.4) is 0 Å². The van der Waals surface area contributed by atoms with Crippen molar-refractivity contribution in [2.45, 2.75) is 26.6 Å². The summed E-state index contributed by atoms with van der Waals surface area (Å²) in [7, 11) is -3.68. The molecule has 1 atom stereocenters. The van der Waals surface area contributed by atoms with Gasteiger partial charge in [0.1, 0.15) is 11.6 Å². The van der Waals surface area contributed by atoms with E-state index in [4.69, 9.17) is 9.05 Å². The van der Waals surface area contributed by atoms with Crippen molar-refractivity contribution < 1.29 is 18.0 Å². The summed E-state index contributed by atoms with van der Waals surface area (Å²) in [4.78, 5) is 26.4. The van der Waals surface area contributed by atoms with Crippen LogP contribution >= 0.6 is 7.60 Å². The molecule has 0 aliphatic heterocycles. The summed E-state index contributed by atoms with van der Waals surface area (Å²) in [5.74, 6) is -1.60. The molecule has 0 fully saturated rings. The van der Waals surface area contributed by atoms with Crippen LogP contribution < -0.4 is 11.1 Å². The van der Waals surface area contributed by atoms with E-state index in [-0.39, 0.29) is 24.2 Å². The zero-order chi connectivity index (χ0) is 17.2. The first-order valence-electron chi connectivity index (χ1n) is 7.17. The first-order valence-corrected chi connectivity index (χ1v) is 8.78. The van der Waals surface area contributed by atoms with Crippen LogP contribution in [0.2, 0.25) is 0 Å². The molecule has 2 rings (SSSR count). The summed E-state index contributed by atoms with van der Waals surface area (Å²) in [6.07, 6.45) is 0. The molecule has 9 heteroatoms. The molecule has 1 aromatic heterocycles. The van der Waals surface area contributed by atoms with E-state index in [1.807, 2.05) is 0 Å². The van der Waals surface area contributed by atoms with Crippen molar-refractivity contribution >= 4 is 18.6 Å². The molecule has 0 aliphatic rings. The largest absolute Gasteiger partial charge is 0.353 e. The van der Waals surface area contributed by atoms with Crippen molar-refractivity contribution in [2.75, 3.05) is 13.2 Å². The van der Waals surface area contributed by atoms with Gasteiger partial charge in [-0.05, 0) is 39.0 Å². The number of hydrogen-bond acceptors (Lipinski definition) is 5. The van der Waals surface area contributed by atoms with Gasteiger partial charge in [0.25, 0.3) is 0 Å². The van der Waals surface area contributed by atoms with E-state index < -0.39 is 30.3 Å². The fourth-order valence-electron chi connectivity index (χ4n) is 2.34. The number of benzene rings is 1. The normalized spacial score (nSPS) is 13.4. The Morgan fingerprint density at radius 2 is 1.87 bits per heavy atom. The molecule has 1 heterocycles. The van der Waals surface area contributed by atoms with Gasteiger partial charge < -0.3 is 14.0 Å². The number of H-pyrrole nitrogens is 1. The summed E-state index contributed by atoms with van der Waals surface area (Å²) in [6, 6.07) is 3.57. The maximum atomic E-state index is 13.4. The van der Waals surface area contributed by atoms with Gasteiger partial charge in [-0.2, -0.15) is 0 Å². The van der Waals surface area contributed by atoms with Gasteiger partial charge in [0.15, 0.2) is 0 Å². The van der Waals surface area contributed by atoms with E-state index in [0.717, 1.165) is 16.7 Å². The summed E-state index contributed by atoms with van der Waals surface area (Å²) >= 11 is 0. The van der Waals surface area contributed by atoms with E-state index in [0.29, 0.717) is 0 Å². The minimum Gasteiger partial charge on any atom is -0.316 e. The minimum atomic E-state index is -3.68. The second-order valence-electron chi connectivity index (χ2n) is 4.80. The van der Waals surface area contributed by atoms with Crippen LogP contribution in [-0.2, 0) is 13.6 Å². The van der Waals surface area contributed by atoms with Crippen LogP contribution in [0.25, 0.3) is 11.0 Å². The molecular weight excluding hydrogens is 326 g/mol. The highest BCUT2D eigenvalue weighted by atomic mass is 31.2. The number of hydrogen-bond donors (Lipinski definition) is 1. The van der Waals surface area contributed by atoms with Crippen LogP contribution in [0.4, 0.5) is 4.39 Å². The fourth-order valence-corrected chi connectivity index (χ4v) is 4.08. The van der Waals surface area contributed by atoms with Gasteiger partial charge >= 0.3 is 18.7 Å².